The van der Waals surface area contributed by atoms with Gasteiger partial charge in [0.2, 0.25) is 0 Å². The van der Waals surface area contributed by atoms with E-state index in [0.717, 1.165) is 0 Å². The summed E-state index contributed by atoms with van der Waals surface area (Å²) in [4.78, 5) is 0. The van der Waals surface area contributed by atoms with Crippen LogP contribution in [0.1, 0.15) is 25.7 Å². The maximum atomic E-state index is 8.81. The normalized spacial score (nSPS) is 36.7. The zero-order valence-electron chi connectivity index (χ0n) is 5.58. The Labute approximate surface area is 61.9 Å². The lowest BCUT2D eigenvalue weighted by molar-refractivity contribution is 0.196. The van der Waals surface area contributed by atoms with Gasteiger partial charge in [0, 0.05) is 11.9 Å². The topological polar surface area (TPSA) is 20.2 Å². The molecule has 1 saturated carbocycles. The summed E-state index contributed by atoms with van der Waals surface area (Å²) in [5.74, 6) is 0.474. The number of hydrogen-bond acceptors (Lipinski definition) is 2. The lowest BCUT2D eigenvalue weighted by atomic mass is 9.89. The van der Waals surface area contributed by atoms with Gasteiger partial charge in [-0.2, -0.15) is 12.6 Å². The van der Waals surface area contributed by atoms with Crippen molar-refractivity contribution in [2.45, 2.75) is 30.9 Å². The van der Waals surface area contributed by atoms with E-state index in [4.69, 9.17) is 5.11 Å². The molecular weight excluding hydrogens is 132 g/mol. The maximum Gasteiger partial charge on any atom is 0.0469 e. The fourth-order valence-electron chi connectivity index (χ4n) is 1.40. The molecule has 9 heavy (non-hydrogen) atoms. The molecule has 1 nitrogen and oxygen atoms in total. The van der Waals surface area contributed by atoms with Crippen LogP contribution in [0.2, 0.25) is 0 Å². The van der Waals surface area contributed by atoms with Crippen molar-refractivity contribution in [2.75, 3.05) is 6.61 Å². The SMILES string of the molecule is OCC1CCCCC1S. The van der Waals surface area contributed by atoms with Crippen molar-refractivity contribution in [1.82, 2.24) is 0 Å². The predicted molar refractivity (Wildman–Crippen MR) is 41.8 cm³/mol. The number of rotatable bonds is 1. The fourth-order valence-corrected chi connectivity index (χ4v) is 1.83. The van der Waals surface area contributed by atoms with E-state index in [1.165, 1.54) is 25.7 Å². The Morgan fingerprint density at radius 1 is 1.33 bits per heavy atom. The average Bonchev–Trinajstić information content (AvgIpc) is 1.89. The molecule has 0 bridgehead atoms. The average molecular weight is 146 g/mol. The van der Waals surface area contributed by atoms with E-state index in [1.54, 1.807) is 0 Å². The van der Waals surface area contributed by atoms with Gasteiger partial charge in [-0.05, 0) is 18.8 Å². The van der Waals surface area contributed by atoms with Crippen molar-refractivity contribution in [1.29, 1.82) is 0 Å². The molecule has 0 spiro atoms. The van der Waals surface area contributed by atoms with E-state index in [9.17, 15) is 0 Å². The van der Waals surface area contributed by atoms with Crippen LogP contribution in [0.25, 0.3) is 0 Å². The van der Waals surface area contributed by atoms with Crippen molar-refractivity contribution in [3.63, 3.8) is 0 Å². The summed E-state index contributed by atoms with van der Waals surface area (Å²) in [5, 5.41) is 9.27. The van der Waals surface area contributed by atoms with Gasteiger partial charge in [0.1, 0.15) is 0 Å². The molecule has 2 atom stereocenters. The van der Waals surface area contributed by atoms with Crippen LogP contribution in [0.4, 0.5) is 0 Å². The fraction of sp³-hybridized carbons (Fsp3) is 1.00. The number of aliphatic hydroxyl groups is 1. The Morgan fingerprint density at radius 3 is 2.44 bits per heavy atom. The first-order chi connectivity index (χ1) is 4.34. The summed E-state index contributed by atoms with van der Waals surface area (Å²) in [6.07, 6.45) is 4.94. The first-order valence-electron chi connectivity index (χ1n) is 3.63. The van der Waals surface area contributed by atoms with Crippen LogP contribution in [0, 0.1) is 5.92 Å². The molecule has 1 rings (SSSR count). The first kappa shape index (κ1) is 7.42. The van der Waals surface area contributed by atoms with Gasteiger partial charge in [-0.3, -0.25) is 0 Å². The van der Waals surface area contributed by atoms with E-state index in [1.807, 2.05) is 0 Å². The molecule has 2 unspecified atom stereocenters. The Balaban J connectivity index is 2.30. The van der Waals surface area contributed by atoms with Gasteiger partial charge in [-0.15, -0.1) is 0 Å². The van der Waals surface area contributed by atoms with Gasteiger partial charge in [-0.25, -0.2) is 0 Å². The van der Waals surface area contributed by atoms with E-state index in [-0.39, 0.29) is 0 Å². The summed E-state index contributed by atoms with van der Waals surface area (Å²) in [7, 11) is 0. The third-order valence-electron chi connectivity index (χ3n) is 2.10. The number of aliphatic hydroxyl groups excluding tert-OH is 1. The molecule has 0 heterocycles. The summed E-state index contributed by atoms with van der Waals surface area (Å²) in [5.41, 5.74) is 0. The summed E-state index contributed by atoms with van der Waals surface area (Å²) < 4.78 is 0. The molecule has 0 aromatic carbocycles. The molecule has 1 fully saturated rings. The van der Waals surface area contributed by atoms with Gasteiger partial charge < -0.3 is 5.11 Å². The summed E-state index contributed by atoms with van der Waals surface area (Å²) in [6.45, 7) is 0.328. The maximum absolute atomic E-state index is 8.81. The van der Waals surface area contributed by atoms with Crippen LogP contribution in [0.5, 0.6) is 0 Å². The van der Waals surface area contributed by atoms with Gasteiger partial charge in [-0.1, -0.05) is 12.8 Å². The largest absolute Gasteiger partial charge is 0.396 e. The molecule has 2 heteroatoms. The molecule has 0 aromatic heterocycles. The van der Waals surface area contributed by atoms with E-state index in [2.05, 4.69) is 12.6 Å². The van der Waals surface area contributed by atoms with Crippen LogP contribution < -0.4 is 0 Å². The highest BCUT2D eigenvalue weighted by atomic mass is 32.1. The molecule has 0 radical (unpaired) electrons. The molecule has 1 aliphatic rings. The quantitative estimate of drug-likeness (QED) is 0.537. The number of hydrogen-bond donors (Lipinski definition) is 2. The Hall–Kier alpha value is 0.310. The van der Waals surface area contributed by atoms with Crippen molar-refractivity contribution >= 4 is 12.6 Å². The van der Waals surface area contributed by atoms with Crippen LogP contribution in [0.15, 0.2) is 0 Å². The lowest BCUT2D eigenvalue weighted by Gasteiger charge is -2.25. The molecule has 54 valence electrons. The second-order valence-corrected chi connectivity index (χ2v) is 3.46. The molecule has 0 aliphatic heterocycles. The number of thiol groups is 1. The Kier molecular flexibility index (Phi) is 2.86. The van der Waals surface area contributed by atoms with Gasteiger partial charge in [0.15, 0.2) is 0 Å². The zero-order chi connectivity index (χ0) is 6.69. The van der Waals surface area contributed by atoms with E-state index in [0.29, 0.717) is 17.8 Å². The van der Waals surface area contributed by atoms with Gasteiger partial charge >= 0.3 is 0 Å². The minimum Gasteiger partial charge on any atom is -0.396 e. The van der Waals surface area contributed by atoms with Crippen molar-refractivity contribution in [2.24, 2.45) is 5.92 Å². The lowest BCUT2D eigenvalue weighted by Crippen LogP contribution is -2.22. The van der Waals surface area contributed by atoms with Crippen molar-refractivity contribution in [3.8, 4) is 0 Å². The van der Waals surface area contributed by atoms with Crippen LogP contribution in [-0.4, -0.2) is 17.0 Å². The molecule has 1 aliphatic carbocycles. The molecular formula is C7H14OS. The van der Waals surface area contributed by atoms with Gasteiger partial charge in [0.25, 0.3) is 0 Å². The van der Waals surface area contributed by atoms with E-state index >= 15 is 0 Å². The predicted octanol–water partition coefficient (Wildman–Crippen LogP) is 1.47. The first-order valence-corrected chi connectivity index (χ1v) is 4.15. The molecule has 0 saturated heterocycles. The summed E-state index contributed by atoms with van der Waals surface area (Å²) >= 11 is 4.38. The highest BCUT2D eigenvalue weighted by Gasteiger charge is 2.20. The third-order valence-corrected chi connectivity index (χ3v) is 2.78. The second-order valence-electron chi connectivity index (χ2n) is 2.79. The second kappa shape index (κ2) is 3.47. The highest BCUT2D eigenvalue weighted by molar-refractivity contribution is 7.81. The monoisotopic (exact) mass is 146 g/mol. The Bertz CT molecular complexity index is 85.0. The summed E-state index contributed by atoms with van der Waals surface area (Å²) in [6, 6.07) is 0. The molecule has 0 aromatic rings. The highest BCUT2D eigenvalue weighted by Crippen LogP contribution is 2.27. The van der Waals surface area contributed by atoms with Crippen LogP contribution >= 0.6 is 12.6 Å². The molecule has 0 amide bonds. The van der Waals surface area contributed by atoms with E-state index < -0.39 is 0 Å². The zero-order valence-corrected chi connectivity index (χ0v) is 6.48. The minimum absolute atomic E-state index is 0.328. The van der Waals surface area contributed by atoms with Crippen molar-refractivity contribution < 1.29 is 5.11 Å². The van der Waals surface area contributed by atoms with Gasteiger partial charge in [0.05, 0.1) is 0 Å². The van der Waals surface area contributed by atoms with Crippen molar-refractivity contribution in [3.05, 3.63) is 0 Å². The molecule has 1 N–H and O–H groups in total. The standard InChI is InChI=1S/C7H14OS/c8-5-6-3-1-2-4-7(6)9/h6-9H,1-5H2. The smallest absolute Gasteiger partial charge is 0.0469 e. The van der Waals surface area contributed by atoms with Crippen LogP contribution in [0.3, 0.4) is 0 Å². The third kappa shape index (κ3) is 1.87. The Morgan fingerprint density at radius 2 is 2.00 bits per heavy atom. The van der Waals surface area contributed by atoms with Crippen LogP contribution in [-0.2, 0) is 0 Å². The minimum atomic E-state index is 0.328.